The van der Waals surface area contributed by atoms with Crippen molar-refractivity contribution in [3.8, 4) is 5.75 Å². The van der Waals surface area contributed by atoms with Gasteiger partial charge in [-0.1, -0.05) is 0 Å². The highest BCUT2D eigenvalue weighted by atomic mass is 19.3. The highest BCUT2D eigenvalue weighted by Crippen LogP contribution is 2.37. The van der Waals surface area contributed by atoms with Crippen LogP contribution in [0.5, 0.6) is 5.75 Å². The molecule has 19 heavy (non-hydrogen) atoms. The number of alkyl halides is 2. The van der Waals surface area contributed by atoms with Crippen LogP contribution in [0.3, 0.4) is 0 Å². The number of ether oxygens (including phenoxy) is 1. The van der Waals surface area contributed by atoms with Crippen molar-refractivity contribution in [2.24, 2.45) is 0 Å². The zero-order valence-corrected chi connectivity index (χ0v) is 9.80. The van der Waals surface area contributed by atoms with Gasteiger partial charge in [-0.25, -0.2) is 13.8 Å². The number of carbonyl (C=O) groups is 1. The topological polar surface area (TPSA) is 103 Å². The average Bonchev–Trinajstić information content (AvgIpc) is 2.30. The molecule has 1 N–H and O–H groups in total. The summed E-state index contributed by atoms with van der Waals surface area (Å²) in [6.07, 6.45) is -3.24. The zero-order chi connectivity index (χ0) is 14.6. The van der Waals surface area contributed by atoms with E-state index in [2.05, 4.69) is 9.72 Å². The first kappa shape index (κ1) is 14.7. The lowest BCUT2D eigenvalue weighted by Crippen LogP contribution is -2.12. The van der Waals surface area contributed by atoms with E-state index in [0.29, 0.717) is 6.20 Å². The Balaban J connectivity index is 3.28. The monoisotopic (exact) mass is 276 g/mol. The molecule has 9 heteroatoms. The second kappa shape index (κ2) is 6.03. The van der Waals surface area contributed by atoms with Crippen molar-refractivity contribution in [1.82, 2.24) is 4.98 Å². The molecule has 0 unspecified atom stereocenters. The van der Waals surface area contributed by atoms with E-state index in [1.165, 1.54) is 6.92 Å². The molecule has 1 aromatic heterocycles. The van der Waals surface area contributed by atoms with Crippen molar-refractivity contribution in [1.29, 1.82) is 0 Å². The summed E-state index contributed by atoms with van der Waals surface area (Å²) in [5.41, 5.74) is -2.70. The number of esters is 1. The van der Waals surface area contributed by atoms with Gasteiger partial charge in [-0.2, -0.15) is 0 Å². The molecule has 0 aliphatic heterocycles. The molecule has 1 heterocycles. The van der Waals surface area contributed by atoms with E-state index in [9.17, 15) is 28.8 Å². The Kier molecular flexibility index (Phi) is 4.67. The van der Waals surface area contributed by atoms with E-state index >= 15 is 0 Å². The van der Waals surface area contributed by atoms with Gasteiger partial charge in [-0.3, -0.25) is 14.9 Å². The molecule has 0 aliphatic rings. The second-order valence-electron chi connectivity index (χ2n) is 3.39. The van der Waals surface area contributed by atoms with Crippen molar-refractivity contribution in [2.45, 2.75) is 19.8 Å². The summed E-state index contributed by atoms with van der Waals surface area (Å²) in [5.74, 6) is -1.82. The first-order valence-electron chi connectivity index (χ1n) is 5.17. The van der Waals surface area contributed by atoms with Crippen LogP contribution in [-0.4, -0.2) is 27.6 Å². The summed E-state index contributed by atoms with van der Waals surface area (Å²) in [5, 5.41) is 20.0. The molecule has 0 spiro atoms. The molecule has 1 aromatic rings. The smallest absolute Gasteiger partial charge is 0.312 e. The minimum absolute atomic E-state index is 0.0480. The number of rotatable bonds is 5. The third-order valence-corrected chi connectivity index (χ3v) is 2.16. The van der Waals surface area contributed by atoms with Gasteiger partial charge in [0.15, 0.2) is 0 Å². The van der Waals surface area contributed by atoms with E-state index in [1.807, 2.05) is 0 Å². The van der Waals surface area contributed by atoms with Gasteiger partial charge < -0.3 is 9.84 Å². The highest BCUT2D eigenvalue weighted by Gasteiger charge is 2.31. The normalized spacial score (nSPS) is 10.5. The van der Waals surface area contributed by atoms with Crippen molar-refractivity contribution < 1.29 is 28.3 Å². The van der Waals surface area contributed by atoms with Crippen LogP contribution in [0.25, 0.3) is 0 Å². The molecule has 104 valence electrons. The maximum absolute atomic E-state index is 12.7. The summed E-state index contributed by atoms with van der Waals surface area (Å²) < 4.78 is 30.0. The lowest BCUT2D eigenvalue weighted by Gasteiger charge is -2.08. The van der Waals surface area contributed by atoms with Gasteiger partial charge in [-0.05, 0) is 6.92 Å². The highest BCUT2D eigenvalue weighted by molar-refractivity contribution is 5.74. The zero-order valence-electron chi connectivity index (χ0n) is 9.80. The van der Waals surface area contributed by atoms with Gasteiger partial charge in [0.05, 0.1) is 24.1 Å². The number of halogens is 2. The Hall–Kier alpha value is -2.32. The predicted octanol–water partition coefficient (Wildman–Crippen LogP) is 1.74. The van der Waals surface area contributed by atoms with Crippen LogP contribution in [0.4, 0.5) is 14.5 Å². The maximum Gasteiger partial charge on any atom is 0.312 e. The predicted molar refractivity (Wildman–Crippen MR) is 57.9 cm³/mol. The van der Waals surface area contributed by atoms with Crippen molar-refractivity contribution in [2.75, 3.05) is 6.61 Å². The van der Waals surface area contributed by atoms with E-state index < -0.39 is 46.4 Å². The molecular formula is C10H10F2N2O5. The molecule has 0 saturated carbocycles. The fourth-order valence-electron chi connectivity index (χ4n) is 1.44. The largest absolute Gasteiger partial charge is 0.506 e. The SMILES string of the molecule is CCOC(=O)Cc1ncc(O)c(C(F)F)c1[N+](=O)[O-]. The van der Waals surface area contributed by atoms with Crippen molar-refractivity contribution in [3.05, 3.63) is 27.6 Å². The minimum Gasteiger partial charge on any atom is -0.506 e. The van der Waals surface area contributed by atoms with Gasteiger partial charge in [0.25, 0.3) is 6.43 Å². The Morgan fingerprint density at radius 3 is 2.74 bits per heavy atom. The minimum atomic E-state index is -3.26. The van der Waals surface area contributed by atoms with E-state index in [4.69, 9.17) is 0 Å². The number of hydrogen-bond acceptors (Lipinski definition) is 6. The van der Waals surface area contributed by atoms with Crippen LogP contribution in [0.1, 0.15) is 24.6 Å². The van der Waals surface area contributed by atoms with Crippen LogP contribution in [0, 0.1) is 10.1 Å². The van der Waals surface area contributed by atoms with E-state index in [0.717, 1.165) is 0 Å². The van der Waals surface area contributed by atoms with Crippen molar-refractivity contribution in [3.63, 3.8) is 0 Å². The molecular weight excluding hydrogens is 266 g/mol. The summed E-state index contributed by atoms with van der Waals surface area (Å²) >= 11 is 0. The third kappa shape index (κ3) is 3.33. The number of aromatic hydroxyl groups is 1. The number of nitro groups is 1. The molecule has 0 atom stereocenters. The van der Waals surface area contributed by atoms with Gasteiger partial charge in [0.2, 0.25) is 0 Å². The maximum atomic E-state index is 12.7. The first-order valence-corrected chi connectivity index (χ1v) is 5.17. The summed E-state index contributed by atoms with van der Waals surface area (Å²) in [6.45, 7) is 1.58. The molecule has 0 amide bonds. The molecule has 0 saturated heterocycles. The Morgan fingerprint density at radius 2 is 2.26 bits per heavy atom. The second-order valence-corrected chi connectivity index (χ2v) is 3.39. The first-order chi connectivity index (χ1) is 8.88. The van der Waals surface area contributed by atoms with Gasteiger partial charge in [-0.15, -0.1) is 0 Å². The van der Waals surface area contributed by atoms with Crippen LogP contribution < -0.4 is 0 Å². The van der Waals surface area contributed by atoms with E-state index in [1.54, 1.807) is 0 Å². The standard InChI is InChI=1S/C10H10F2N2O5/c1-2-19-7(16)3-5-9(14(17)18)8(10(11)12)6(15)4-13-5/h4,10,15H,2-3H2,1H3. The number of aromatic nitrogens is 1. The number of hydrogen-bond donors (Lipinski definition) is 1. The lowest BCUT2D eigenvalue weighted by molar-refractivity contribution is -0.387. The number of nitrogens with zero attached hydrogens (tertiary/aromatic N) is 2. The van der Waals surface area contributed by atoms with Crippen LogP contribution >= 0.6 is 0 Å². The molecule has 0 fully saturated rings. The van der Waals surface area contributed by atoms with Gasteiger partial charge >= 0.3 is 11.7 Å². The Bertz CT molecular complexity index is 507. The molecule has 0 aromatic carbocycles. The van der Waals surface area contributed by atoms with Crippen molar-refractivity contribution >= 4 is 11.7 Å². The molecule has 0 aliphatic carbocycles. The summed E-state index contributed by atoms with van der Waals surface area (Å²) in [6, 6.07) is 0. The van der Waals surface area contributed by atoms with Gasteiger partial charge in [0, 0.05) is 0 Å². The van der Waals surface area contributed by atoms with Gasteiger partial charge in [0.1, 0.15) is 17.0 Å². The van der Waals surface area contributed by atoms with E-state index in [-0.39, 0.29) is 6.61 Å². The number of carbonyl (C=O) groups excluding carboxylic acids is 1. The third-order valence-electron chi connectivity index (χ3n) is 2.16. The molecule has 0 bridgehead atoms. The summed E-state index contributed by atoms with van der Waals surface area (Å²) in [7, 11) is 0. The Labute approximate surface area is 106 Å². The molecule has 7 nitrogen and oxygen atoms in total. The Morgan fingerprint density at radius 1 is 1.63 bits per heavy atom. The number of pyridine rings is 1. The average molecular weight is 276 g/mol. The summed E-state index contributed by atoms with van der Waals surface area (Å²) in [4.78, 5) is 24.4. The van der Waals surface area contributed by atoms with Crippen LogP contribution in [0.2, 0.25) is 0 Å². The molecule has 0 radical (unpaired) electrons. The lowest BCUT2D eigenvalue weighted by atomic mass is 10.1. The quantitative estimate of drug-likeness (QED) is 0.499. The molecule has 1 rings (SSSR count). The van der Waals surface area contributed by atoms with Crippen LogP contribution in [0.15, 0.2) is 6.20 Å². The fraction of sp³-hybridized carbons (Fsp3) is 0.400. The van der Waals surface area contributed by atoms with Crippen LogP contribution in [-0.2, 0) is 16.0 Å². The fourth-order valence-corrected chi connectivity index (χ4v) is 1.44.